The zero-order valence-corrected chi connectivity index (χ0v) is 15.4. The lowest BCUT2D eigenvalue weighted by atomic mass is 9.77. The second-order valence-corrected chi connectivity index (χ2v) is 8.09. The summed E-state index contributed by atoms with van der Waals surface area (Å²) in [5.41, 5.74) is 2.16. The highest BCUT2D eigenvalue weighted by molar-refractivity contribution is 7.86. The summed E-state index contributed by atoms with van der Waals surface area (Å²) in [6, 6.07) is 21.8. The van der Waals surface area contributed by atoms with Crippen LogP contribution >= 0.6 is 0 Å². The average molecular weight is 368 g/mol. The maximum Gasteiger partial charge on any atom is 0.298 e. The summed E-state index contributed by atoms with van der Waals surface area (Å²) in [5.74, 6) is -0.452. The number of benzene rings is 3. The molecule has 0 heterocycles. The molecule has 0 bridgehead atoms. The first-order valence-electron chi connectivity index (χ1n) is 8.17. The maximum atomic E-state index is 11.8. The molecule has 0 saturated heterocycles. The molecule has 0 spiro atoms. The van der Waals surface area contributed by atoms with E-state index < -0.39 is 26.2 Å². The average Bonchev–Trinajstić information content (AvgIpc) is 2.62. The molecule has 0 fully saturated rings. The van der Waals surface area contributed by atoms with Gasteiger partial charge >= 0.3 is 0 Å². The number of hydrogen-bond donors (Lipinski definition) is 2. The van der Waals surface area contributed by atoms with Gasteiger partial charge in [-0.15, -0.1) is 0 Å². The molecule has 0 amide bonds. The summed E-state index contributed by atoms with van der Waals surface area (Å²) >= 11 is 0. The van der Waals surface area contributed by atoms with Crippen molar-refractivity contribution in [1.29, 1.82) is 0 Å². The molecule has 134 valence electrons. The molecule has 0 saturated carbocycles. The van der Waals surface area contributed by atoms with E-state index in [1.165, 1.54) is 6.07 Å². The SMILES string of the molecule is CC(C)(c1ccccc1)c1cc(-c2ccccc2)c(O)c(S(=O)(=O)O)c1. The Morgan fingerprint density at radius 1 is 0.808 bits per heavy atom. The molecule has 0 atom stereocenters. The normalized spacial score (nSPS) is 12.1. The van der Waals surface area contributed by atoms with Crippen LogP contribution in [-0.4, -0.2) is 18.1 Å². The van der Waals surface area contributed by atoms with Crippen LogP contribution < -0.4 is 0 Å². The van der Waals surface area contributed by atoms with Gasteiger partial charge in [0.2, 0.25) is 0 Å². The molecule has 0 aliphatic rings. The van der Waals surface area contributed by atoms with Crippen LogP contribution in [0.4, 0.5) is 0 Å². The Morgan fingerprint density at radius 3 is 1.88 bits per heavy atom. The monoisotopic (exact) mass is 368 g/mol. The lowest BCUT2D eigenvalue weighted by Crippen LogP contribution is -2.19. The summed E-state index contributed by atoms with van der Waals surface area (Å²) in [7, 11) is -4.58. The van der Waals surface area contributed by atoms with E-state index >= 15 is 0 Å². The van der Waals surface area contributed by atoms with Gasteiger partial charge in [0.25, 0.3) is 10.1 Å². The fraction of sp³-hybridized carbons (Fsp3) is 0.143. The molecule has 26 heavy (non-hydrogen) atoms. The Morgan fingerprint density at radius 2 is 1.35 bits per heavy atom. The molecular formula is C21H20O4S. The summed E-state index contributed by atoms with van der Waals surface area (Å²) in [6.07, 6.45) is 0. The number of phenols is 1. The Balaban J connectivity index is 2.31. The highest BCUT2D eigenvalue weighted by atomic mass is 32.2. The summed E-state index contributed by atoms with van der Waals surface area (Å²) in [4.78, 5) is -0.488. The topological polar surface area (TPSA) is 74.6 Å². The second-order valence-electron chi connectivity index (χ2n) is 6.70. The van der Waals surface area contributed by atoms with E-state index in [9.17, 15) is 18.1 Å². The van der Waals surface area contributed by atoms with Crippen molar-refractivity contribution in [2.45, 2.75) is 24.2 Å². The van der Waals surface area contributed by atoms with Crippen molar-refractivity contribution < 1.29 is 18.1 Å². The van der Waals surface area contributed by atoms with Crippen LogP contribution in [0.5, 0.6) is 5.75 Å². The highest BCUT2D eigenvalue weighted by Crippen LogP contribution is 2.41. The molecule has 0 aliphatic heterocycles. The quantitative estimate of drug-likeness (QED) is 0.658. The molecule has 2 N–H and O–H groups in total. The molecule has 0 aliphatic carbocycles. The van der Waals surface area contributed by atoms with Crippen LogP contribution in [0.15, 0.2) is 77.7 Å². The molecule has 5 heteroatoms. The summed E-state index contributed by atoms with van der Waals surface area (Å²) in [6.45, 7) is 3.94. The van der Waals surface area contributed by atoms with Crippen molar-refractivity contribution in [2.24, 2.45) is 0 Å². The van der Waals surface area contributed by atoms with Crippen molar-refractivity contribution >= 4 is 10.1 Å². The van der Waals surface area contributed by atoms with Crippen molar-refractivity contribution in [3.8, 4) is 16.9 Å². The van der Waals surface area contributed by atoms with Crippen molar-refractivity contribution in [2.75, 3.05) is 0 Å². The minimum Gasteiger partial charge on any atom is -0.506 e. The maximum absolute atomic E-state index is 11.8. The van der Waals surface area contributed by atoms with Gasteiger partial charge in [0.05, 0.1) is 0 Å². The highest BCUT2D eigenvalue weighted by Gasteiger charge is 2.28. The smallest absolute Gasteiger partial charge is 0.298 e. The van der Waals surface area contributed by atoms with E-state index in [0.29, 0.717) is 16.7 Å². The predicted octanol–water partition coefficient (Wildman–Crippen LogP) is 4.63. The van der Waals surface area contributed by atoms with E-state index in [1.54, 1.807) is 30.3 Å². The third-order valence-corrected chi connectivity index (χ3v) is 5.52. The van der Waals surface area contributed by atoms with Gasteiger partial charge in [-0.1, -0.05) is 74.5 Å². The number of aromatic hydroxyl groups is 1. The van der Waals surface area contributed by atoms with E-state index in [1.807, 2.05) is 50.2 Å². The van der Waals surface area contributed by atoms with Crippen molar-refractivity contribution in [3.05, 3.63) is 83.9 Å². The van der Waals surface area contributed by atoms with Crippen LogP contribution in [0.2, 0.25) is 0 Å². The molecule has 3 aromatic carbocycles. The van der Waals surface area contributed by atoms with Crippen LogP contribution in [0.3, 0.4) is 0 Å². The van der Waals surface area contributed by atoms with E-state index in [-0.39, 0.29) is 0 Å². The van der Waals surface area contributed by atoms with E-state index in [2.05, 4.69) is 0 Å². The van der Waals surface area contributed by atoms with Gasteiger partial charge in [-0.25, -0.2) is 0 Å². The Hall–Kier alpha value is -2.63. The zero-order valence-electron chi connectivity index (χ0n) is 14.5. The predicted molar refractivity (Wildman–Crippen MR) is 102 cm³/mol. The van der Waals surface area contributed by atoms with Crippen molar-refractivity contribution in [1.82, 2.24) is 0 Å². The molecule has 0 radical (unpaired) electrons. The lowest BCUT2D eigenvalue weighted by Gasteiger charge is -2.27. The summed E-state index contributed by atoms with van der Waals surface area (Å²) in [5, 5.41) is 10.5. The Labute approximate surface area is 153 Å². The van der Waals surface area contributed by atoms with Crippen LogP contribution in [-0.2, 0) is 15.5 Å². The van der Waals surface area contributed by atoms with Crippen LogP contribution in [0, 0.1) is 0 Å². The fourth-order valence-electron chi connectivity index (χ4n) is 3.02. The molecule has 3 rings (SSSR count). The van der Waals surface area contributed by atoms with Gasteiger partial charge in [0.1, 0.15) is 10.6 Å². The summed E-state index contributed by atoms with van der Waals surface area (Å²) < 4.78 is 33.3. The van der Waals surface area contributed by atoms with E-state index in [4.69, 9.17) is 0 Å². The minimum absolute atomic E-state index is 0.361. The molecule has 0 unspecified atom stereocenters. The second kappa shape index (κ2) is 6.59. The third kappa shape index (κ3) is 3.36. The lowest BCUT2D eigenvalue weighted by molar-refractivity contribution is 0.443. The van der Waals surface area contributed by atoms with Crippen LogP contribution in [0.1, 0.15) is 25.0 Å². The first-order valence-corrected chi connectivity index (χ1v) is 9.61. The third-order valence-electron chi connectivity index (χ3n) is 4.65. The van der Waals surface area contributed by atoms with E-state index in [0.717, 1.165) is 5.56 Å². The number of phenolic OH excluding ortho intramolecular Hbond substituents is 1. The molecule has 4 nitrogen and oxygen atoms in total. The van der Waals surface area contributed by atoms with Crippen LogP contribution in [0.25, 0.3) is 11.1 Å². The zero-order chi connectivity index (χ0) is 18.9. The Bertz CT molecular complexity index is 1020. The molecular weight excluding hydrogens is 348 g/mol. The standard InChI is InChI=1S/C21H20O4S/c1-21(2,16-11-7-4-8-12-16)17-13-18(15-9-5-3-6-10-15)20(22)19(14-17)26(23,24)25/h3-14,22H,1-2H3,(H,23,24,25). The fourth-order valence-corrected chi connectivity index (χ4v) is 3.65. The van der Waals surface area contributed by atoms with Crippen molar-refractivity contribution in [3.63, 3.8) is 0 Å². The van der Waals surface area contributed by atoms with Gasteiger partial charge < -0.3 is 5.11 Å². The van der Waals surface area contributed by atoms with Gasteiger partial charge in [-0.05, 0) is 28.8 Å². The number of rotatable bonds is 4. The van der Waals surface area contributed by atoms with Gasteiger partial charge in [0.15, 0.2) is 0 Å². The van der Waals surface area contributed by atoms with Gasteiger partial charge in [-0.3, -0.25) is 4.55 Å². The number of hydrogen-bond acceptors (Lipinski definition) is 3. The molecule has 3 aromatic rings. The van der Waals surface area contributed by atoms with Gasteiger partial charge in [-0.2, -0.15) is 8.42 Å². The first kappa shape index (κ1) is 18.2. The van der Waals surface area contributed by atoms with Gasteiger partial charge in [0, 0.05) is 11.0 Å². The largest absolute Gasteiger partial charge is 0.506 e. The first-order chi connectivity index (χ1) is 12.2. The minimum atomic E-state index is -4.58. The Kier molecular flexibility index (Phi) is 4.61. The molecule has 0 aromatic heterocycles.